The van der Waals surface area contributed by atoms with Gasteiger partial charge in [-0.2, -0.15) is 0 Å². The number of nitrogens with one attached hydrogen (secondary N) is 1. The highest BCUT2D eigenvalue weighted by Gasteiger charge is 2.23. The summed E-state index contributed by atoms with van der Waals surface area (Å²) in [6.07, 6.45) is 9.60. The minimum Gasteiger partial charge on any atom is -0.315 e. The number of hydrogen-bond acceptors (Lipinski definition) is 2. The van der Waals surface area contributed by atoms with Crippen LogP contribution in [0.2, 0.25) is 0 Å². The van der Waals surface area contributed by atoms with Crippen LogP contribution in [-0.4, -0.2) is 36.6 Å². The van der Waals surface area contributed by atoms with Crippen molar-refractivity contribution in [1.29, 1.82) is 0 Å². The topological polar surface area (TPSA) is 15.3 Å². The number of rotatable bonds is 7. The smallest absolute Gasteiger partial charge is 0.0195 e. The molecule has 0 aromatic carbocycles. The summed E-state index contributed by atoms with van der Waals surface area (Å²) in [7, 11) is 0. The third kappa shape index (κ3) is 5.39. The number of unbranched alkanes of at least 4 members (excludes halogenated alkanes) is 1. The molecule has 0 spiro atoms. The van der Waals surface area contributed by atoms with Gasteiger partial charge in [-0.1, -0.05) is 33.1 Å². The van der Waals surface area contributed by atoms with E-state index in [9.17, 15) is 0 Å². The molecule has 1 rings (SSSR count). The van der Waals surface area contributed by atoms with Gasteiger partial charge in [-0.3, -0.25) is 4.90 Å². The molecule has 2 atom stereocenters. The molecular formula is C15H32N2. The number of likely N-dealkylation sites (tertiary alicyclic amines) is 1. The predicted octanol–water partition coefficient (Wildman–Crippen LogP) is 3.42. The van der Waals surface area contributed by atoms with Crippen LogP contribution < -0.4 is 5.32 Å². The third-order valence-corrected chi connectivity index (χ3v) is 4.11. The Morgan fingerprint density at radius 2 is 2.06 bits per heavy atom. The van der Waals surface area contributed by atoms with Gasteiger partial charge in [0.05, 0.1) is 0 Å². The van der Waals surface area contributed by atoms with E-state index < -0.39 is 0 Å². The van der Waals surface area contributed by atoms with Crippen molar-refractivity contribution in [2.24, 2.45) is 0 Å². The van der Waals surface area contributed by atoms with Gasteiger partial charge in [-0.15, -0.1) is 0 Å². The molecule has 1 N–H and O–H groups in total. The van der Waals surface area contributed by atoms with Crippen molar-refractivity contribution in [2.75, 3.05) is 19.6 Å². The second-order valence-corrected chi connectivity index (χ2v) is 5.56. The molecule has 2 heteroatoms. The third-order valence-electron chi connectivity index (χ3n) is 4.11. The van der Waals surface area contributed by atoms with Crippen molar-refractivity contribution in [1.82, 2.24) is 10.2 Å². The summed E-state index contributed by atoms with van der Waals surface area (Å²) in [5.74, 6) is 0. The fourth-order valence-electron chi connectivity index (χ4n) is 2.95. The monoisotopic (exact) mass is 240 g/mol. The van der Waals surface area contributed by atoms with Gasteiger partial charge >= 0.3 is 0 Å². The second kappa shape index (κ2) is 8.93. The lowest BCUT2D eigenvalue weighted by Gasteiger charge is -2.35. The maximum atomic E-state index is 3.61. The van der Waals surface area contributed by atoms with Crippen LogP contribution in [0.1, 0.15) is 65.7 Å². The highest BCUT2D eigenvalue weighted by molar-refractivity contribution is 4.79. The van der Waals surface area contributed by atoms with Crippen LogP contribution in [0, 0.1) is 0 Å². The molecule has 0 aliphatic carbocycles. The van der Waals surface area contributed by atoms with Crippen molar-refractivity contribution in [3.63, 3.8) is 0 Å². The first-order valence-corrected chi connectivity index (χ1v) is 7.76. The molecule has 2 nitrogen and oxygen atoms in total. The molecule has 0 aromatic heterocycles. The molecule has 0 radical (unpaired) electrons. The molecule has 102 valence electrons. The summed E-state index contributed by atoms with van der Waals surface area (Å²) in [6, 6.07) is 1.54. The first kappa shape index (κ1) is 15.0. The summed E-state index contributed by atoms with van der Waals surface area (Å²) in [5.41, 5.74) is 0. The molecule has 1 heterocycles. The lowest BCUT2D eigenvalue weighted by molar-refractivity contribution is 0.140. The average molecular weight is 240 g/mol. The van der Waals surface area contributed by atoms with Crippen molar-refractivity contribution >= 4 is 0 Å². The highest BCUT2D eigenvalue weighted by Crippen LogP contribution is 2.21. The van der Waals surface area contributed by atoms with Crippen LogP contribution in [0.25, 0.3) is 0 Å². The molecule has 1 aliphatic rings. The Hall–Kier alpha value is -0.0800. The van der Waals surface area contributed by atoms with Crippen LogP contribution in [0.15, 0.2) is 0 Å². The van der Waals surface area contributed by atoms with Crippen LogP contribution in [0.3, 0.4) is 0 Å². The molecule has 0 bridgehead atoms. The van der Waals surface area contributed by atoms with Crippen LogP contribution in [0.4, 0.5) is 0 Å². The van der Waals surface area contributed by atoms with Crippen LogP contribution in [0.5, 0.6) is 0 Å². The van der Waals surface area contributed by atoms with Gasteiger partial charge in [0.1, 0.15) is 0 Å². The Balaban J connectivity index is 2.32. The fraction of sp³-hybridized carbons (Fsp3) is 1.00. The minimum absolute atomic E-state index is 0.704. The Morgan fingerprint density at radius 1 is 1.24 bits per heavy atom. The zero-order chi connectivity index (χ0) is 12.5. The average Bonchev–Trinajstić information content (AvgIpc) is 2.59. The molecule has 1 fully saturated rings. The zero-order valence-corrected chi connectivity index (χ0v) is 12.2. The molecule has 1 saturated heterocycles. The van der Waals surface area contributed by atoms with E-state index in [1.165, 1.54) is 58.0 Å². The molecule has 1 aliphatic heterocycles. The second-order valence-electron chi connectivity index (χ2n) is 5.56. The van der Waals surface area contributed by atoms with Crippen molar-refractivity contribution in [3.05, 3.63) is 0 Å². The van der Waals surface area contributed by atoms with E-state index in [1.54, 1.807) is 0 Å². The normalized spacial score (nSPS) is 24.5. The first-order chi connectivity index (χ1) is 8.29. The van der Waals surface area contributed by atoms with Crippen molar-refractivity contribution in [3.8, 4) is 0 Å². The molecule has 0 saturated carbocycles. The van der Waals surface area contributed by atoms with Crippen LogP contribution >= 0.6 is 0 Å². The zero-order valence-electron chi connectivity index (χ0n) is 12.2. The summed E-state index contributed by atoms with van der Waals surface area (Å²) >= 11 is 0. The van der Waals surface area contributed by atoms with Gasteiger partial charge in [-0.25, -0.2) is 0 Å². The van der Waals surface area contributed by atoms with Crippen molar-refractivity contribution < 1.29 is 0 Å². The maximum Gasteiger partial charge on any atom is 0.0195 e. The summed E-state index contributed by atoms with van der Waals surface area (Å²) in [5, 5.41) is 3.61. The van der Waals surface area contributed by atoms with Gasteiger partial charge in [0, 0.05) is 18.6 Å². The van der Waals surface area contributed by atoms with E-state index >= 15 is 0 Å². The van der Waals surface area contributed by atoms with E-state index in [0.29, 0.717) is 6.04 Å². The fourth-order valence-corrected chi connectivity index (χ4v) is 2.95. The van der Waals surface area contributed by atoms with Crippen molar-refractivity contribution in [2.45, 2.75) is 77.8 Å². The summed E-state index contributed by atoms with van der Waals surface area (Å²) in [4.78, 5) is 2.76. The molecular weight excluding hydrogens is 208 g/mol. The highest BCUT2D eigenvalue weighted by atomic mass is 15.2. The Kier molecular flexibility index (Phi) is 7.87. The van der Waals surface area contributed by atoms with E-state index in [4.69, 9.17) is 0 Å². The van der Waals surface area contributed by atoms with E-state index in [2.05, 4.69) is 31.0 Å². The lowest BCUT2D eigenvalue weighted by Crippen LogP contribution is -2.46. The van der Waals surface area contributed by atoms with E-state index in [0.717, 1.165) is 12.6 Å². The Bertz CT molecular complexity index is 182. The SMILES string of the molecule is CCCCNCC(C)N1CCCCCC1CC. The van der Waals surface area contributed by atoms with Gasteiger partial charge in [0.15, 0.2) is 0 Å². The lowest BCUT2D eigenvalue weighted by atomic mass is 10.1. The summed E-state index contributed by atoms with van der Waals surface area (Å²) in [6.45, 7) is 10.7. The van der Waals surface area contributed by atoms with E-state index in [1.807, 2.05) is 0 Å². The first-order valence-electron chi connectivity index (χ1n) is 7.76. The number of hydrogen-bond donors (Lipinski definition) is 1. The minimum atomic E-state index is 0.704. The predicted molar refractivity (Wildman–Crippen MR) is 76.5 cm³/mol. The largest absolute Gasteiger partial charge is 0.315 e. The van der Waals surface area contributed by atoms with Gasteiger partial charge < -0.3 is 5.32 Å². The van der Waals surface area contributed by atoms with Gasteiger partial charge in [0.2, 0.25) is 0 Å². The van der Waals surface area contributed by atoms with Gasteiger partial charge in [-0.05, 0) is 45.7 Å². The van der Waals surface area contributed by atoms with Gasteiger partial charge in [0.25, 0.3) is 0 Å². The maximum absolute atomic E-state index is 3.61. The summed E-state index contributed by atoms with van der Waals surface area (Å²) < 4.78 is 0. The van der Waals surface area contributed by atoms with E-state index in [-0.39, 0.29) is 0 Å². The Morgan fingerprint density at radius 3 is 2.76 bits per heavy atom. The molecule has 2 unspecified atom stereocenters. The Labute approximate surface area is 108 Å². The van der Waals surface area contributed by atoms with Crippen LogP contribution in [-0.2, 0) is 0 Å². The molecule has 0 aromatic rings. The molecule has 17 heavy (non-hydrogen) atoms. The number of nitrogens with zero attached hydrogens (tertiary/aromatic N) is 1. The quantitative estimate of drug-likeness (QED) is 0.686. The molecule has 0 amide bonds. The standard InChI is InChI=1S/C15H32N2/c1-4-6-11-16-13-14(3)17-12-9-7-8-10-15(17)5-2/h14-16H,4-13H2,1-3H3.